The largest absolute Gasteiger partial charge is 0.359 e. The fraction of sp³-hybridized carbons (Fsp3) is 0.348. The van der Waals surface area contributed by atoms with Crippen LogP contribution in [-0.2, 0) is 9.84 Å². The first kappa shape index (κ1) is 23.8. The first-order valence-corrected chi connectivity index (χ1v) is 12.7. The molecule has 0 amide bonds. The summed E-state index contributed by atoms with van der Waals surface area (Å²) in [6, 6.07) is 10.9. The highest BCUT2D eigenvalue weighted by Gasteiger charge is 2.31. The molecule has 0 aliphatic carbocycles. The quantitative estimate of drug-likeness (QED) is 0.541. The second kappa shape index (κ2) is 9.88. The Morgan fingerprint density at radius 2 is 2.00 bits per heavy atom. The molecule has 11 heteroatoms. The number of pyridine rings is 1. The van der Waals surface area contributed by atoms with Crippen molar-refractivity contribution >= 4 is 33.0 Å². The lowest BCUT2D eigenvalue weighted by Gasteiger charge is -2.37. The number of nitrogens with one attached hydrogen (secondary N) is 1. The Kier molecular flexibility index (Phi) is 6.92. The number of anilines is 4. The molecular weight excluding hydrogens is 462 g/mol. The molecule has 2 aromatic heterocycles. The summed E-state index contributed by atoms with van der Waals surface area (Å²) in [5.74, 6) is 0.795. The number of piperidine rings is 1. The molecule has 1 aromatic carbocycles. The Hall–Kier alpha value is -3.34. The topological polar surface area (TPSA) is 91.3 Å². The van der Waals surface area contributed by atoms with Gasteiger partial charge in [0.05, 0.1) is 17.1 Å². The van der Waals surface area contributed by atoms with Crippen LogP contribution in [0.5, 0.6) is 0 Å². The smallest absolute Gasteiger partial charge is 0.175 e. The van der Waals surface area contributed by atoms with Crippen molar-refractivity contribution in [2.24, 2.45) is 5.92 Å². The molecule has 1 aliphatic heterocycles. The molecule has 1 fully saturated rings. The van der Waals surface area contributed by atoms with Crippen molar-refractivity contribution in [1.29, 1.82) is 0 Å². The van der Waals surface area contributed by atoms with Crippen LogP contribution in [-0.4, -0.2) is 62.5 Å². The Balaban J connectivity index is 1.40. The second-order valence-electron chi connectivity index (χ2n) is 8.38. The van der Waals surface area contributed by atoms with E-state index in [1.165, 1.54) is 18.5 Å². The molecule has 0 radical (unpaired) electrons. The lowest BCUT2D eigenvalue weighted by atomic mass is 9.94. The molecule has 4 rings (SSSR count). The van der Waals surface area contributed by atoms with E-state index in [1.54, 1.807) is 12.3 Å². The fourth-order valence-electron chi connectivity index (χ4n) is 3.94. The summed E-state index contributed by atoms with van der Waals surface area (Å²) >= 11 is 0. The van der Waals surface area contributed by atoms with E-state index >= 15 is 0 Å². The number of hydrogen-bond donors (Lipinski definition) is 1. The van der Waals surface area contributed by atoms with Crippen molar-refractivity contribution in [3.63, 3.8) is 0 Å². The van der Waals surface area contributed by atoms with E-state index in [9.17, 15) is 17.2 Å². The van der Waals surface area contributed by atoms with Gasteiger partial charge >= 0.3 is 0 Å². The number of sulfone groups is 1. The number of rotatable bonds is 7. The SMILES string of the molecule is CN(CC1CCN(c2ccccn2)CC1F)c1cc(Nc2ccc(S(C)(=O)=O)cc2F)ncn1. The van der Waals surface area contributed by atoms with Crippen molar-refractivity contribution in [1.82, 2.24) is 15.0 Å². The van der Waals surface area contributed by atoms with Gasteiger partial charge in [0, 0.05) is 44.6 Å². The third kappa shape index (κ3) is 5.58. The second-order valence-corrected chi connectivity index (χ2v) is 10.4. The van der Waals surface area contributed by atoms with E-state index in [4.69, 9.17) is 0 Å². The monoisotopic (exact) mass is 488 g/mol. The van der Waals surface area contributed by atoms with Gasteiger partial charge in [-0.15, -0.1) is 0 Å². The lowest BCUT2D eigenvalue weighted by molar-refractivity contribution is 0.200. The Bertz CT molecular complexity index is 1250. The standard InChI is InChI=1S/C23H26F2N6O2S/c1-30(13-16-8-10-31(14-19(16)25)22-5-3-4-9-26-22)23-12-21(27-15-28-23)29-20-7-6-17(11-18(20)24)34(2,32)33/h3-7,9,11-12,15-16,19H,8,10,13-14H2,1-2H3,(H,27,28,29). The highest BCUT2D eigenvalue weighted by atomic mass is 32.2. The molecule has 1 N–H and O–H groups in total. The molecule has 34 heavy (non-hydrogen) atoms. The highest BCUT2D eigenvalue weighted by Crippen LogP contribution is 2.27. The molecule has 2 unspecified atom stereocenters. The zero-order valence-corrected chi connectivity index (χ0v) is 19.7. The van der Waals surface area contributed by atoms with E-state index in [0.717, 1.165) is 24.7 Å². The third-order valence-electron chi connectivity index (χ3n) is 5.83. The Morgan fingerprint density at radius 3 is 2.68 bits per heavy atom. The van der Waals surface area contributed by atoms with Gasteiger partial charge in [0.15, 0.2) is 9.84 Å². The van der Waals surface area contributed by atoms with Crippen LogP contribution < -0.4 is 15.1 Å². The molecule has 2 atom stereocenters. The first-order valence-electron chi connectivity index (χ1n) is 10.8. The molecule has 1 aliphatic rings. The molecule has 3 heterocycles. The van der Waals surface area contributed by atoms with Crippen LogP contribution in [0, 0.1) is 11.7 Å². The summed E-state index contributed by atoms with van der Waals surface area (Å²) in [5.41, 5.74) is 0.0884. The van der Waals surface area contributed by atoms with Gasteiger partial charge in [-0.25, -0.2) is 32.2 Å². The average Bonchev–Trinajstić information content (AvgIpc) is 2.81. The molecule has 1 saturated heterocycles. The molecule has 0 bridgehead atoms. The maximum absolute atomic E-state index is 15.0. The van der Waals surface area contributed by atoms with Crippen molar-refractivity contribution in [2.45, 2.75) is 17.5 Å². The van der Waals surface area contributed by atoms with Gasteiger partial charge in [-0.3, -0.25) is 0 Å². The van der Waals surface area contributed by atoms with Gasteiger partial charge in [0.2, 0.25) is 0 Å². The van der Waals surface area contributed by atoms with Crippen LogP contribution in [0.1, 0.15) is 6.42 Å². The zero-order valence-electron chi connectivity index (χ0n) is 18.9. The molecule has 3 aromatic rings. The zero-order chi connectivity index (χ0) is 24.3. The van der Waals surface area contributed by atoms with Crippen LogP contribution in [0.25, 0.3) is 0 Å². The van der Waals surface area contributed by atoms with Crippen LogP contribution in [0.15, 0.2) is 59.9 Å². The van der Waals surface area contributed by atoms with E-state index in [1.807, 2.05) is 35.0 Å². The molecule has 0 spiro atoms. The lowest BCUT2D eigenvalue weighted by Crippen LogP contribution is -2.45. The summed E-state index contributed by atoms with van der Waals surface area (Å²) in [7, 11) is -1.68. The van der Waals surface area contributed by atoms with Gasteiger partial charge in [0.1, 0.15) is 35.8 Å². The van der Waals surface area contributed by atoms with E-state index < -0.39 is 21.8 Å². The Labute approximate surface area is 197 Å². The predicted molar refractivity (Wildman–Crippen MR) is 128 cm³/mol. The maximum atomic E-state index is 15.0. The normalized spacial score (nSPS) is 18.5. The van der Waals surface area contributed by atoms with Gasteiger partial charge in [-0.2, -0.15) is 0 Å². The van der Waals surface area contributed by atoms with E-state index in [0.29, 0.717) is 24.6 Å². The highest BCUT2D eigenvalue weighted by molar-refractivity contribution is 7.90. The summed E-state index contributed by atoms with van der Waals surface area (Å²) in [6.07, 6.45) is 3.73. The predicted octanol–water partition coefficient (Wildman–Crippen LogP) is 3.46. The molecule has 0 saturated carbocycles. The number of alkyl halides is 1. The molecular formula is C23H26F2N6O2S. The summed E-state index contributed by atoms with van der Waals surface area (Å²) in [6.45, 7) is 1.47. The minimum atomic E-state index is -3.51. The number of aromatic nitrogens is 3. The average molecular weight is 489 g/mol. The molecule has 8 nitrogen and oxygen atoms in total. The first-order chi connectivity index (χ1) is 16.2. The number of halogens is 2. The van der Waals surface area contributed by atoms with Crippen LogP contribution in [0.2, 0.25) is 0 Å². The molecule has 180 valence electrons. The van der Waals surface area contributed by atoms with Crippen molar-refractivity contribution in [3.8, 4) is 0 Å². The van der Waals surface area contributed by atoms with Gasteiger partial charge < -0.3 is 15.1 Å². The van der Waals surface area contributed by atoms with E-state index in [2.05, 4.69) is 20.3 Å². The summed E-state index contributed by atoms with van der Waals surface area (Å²) in [5, 5.41) is 2.85. The minimum absolute atomic E-state index is 0.0884. The Morgan fingerprint density at radius 1 is 1.18 bits per heavy atom. The van der Waals surface area contributed by atoms with Crippen LogP contribution >= 0.6 is 0 Å². The number of nitrogens with zero attached hydrogens (tertiary/aromatic N) is 5. The third-order valence-corrected chi connectivity index (χ3v) is 6.94. The van der Waals surface area contributed by atoms with Crippen LogP contribution in [0.3, 0.4) is 0 Å². The van der Waals surface area contributed by atoms with Crippen molar-refractivity contribution in [2.75, 3.05) is 48.1 Å². The number of hydrogen-bond acceptors (Lipinski definition) is 8. The van der Waals surface area contributed by atoms with E-state index in [-0.39, 0.29) is 23.0 Å². The van der Waals surface area contributed by atoms with Crippen molar-refractivity contribution < 1.29 is 17.2 Å². The maximum Gasteiger partial charge on any atom is 0.175 e. The van der Waals surface area contributed by atoms with Gasteiger partial charge in [-0.1, -0.05) is 6.07 Å². The fourth-order valence-corrected chi connectivity index (χ4v) is 4.58. The summed E-state index contributed by atoms with van der Waals surface area (Å²) < 4.78 is 52.6. The van der Waals surface area contributed by atoms with Crippen molar-refractivity contribution in [3.05, 3.63) is 60.8 Å². The number of benzene rings is 1. The van der Waals surface area contributed by atoms with Gasteiger partial charge in [0.25, 0.3) is 0 Å². The van der Waals surface area contributed by atoms with Crippen LogP contribution in [0.4, 0.5) is 31.9 Å². The summed E-state index contributed by atoms with van der Waals surface area (Å²) in [4.78, 5) is 16.4. The van der Waals surface area contributed by atoms with Gasteiger partial charge in [-0.05, 0) is 36.8 Å². The minimum Gasteiger partial charge on any atom is -0.359 e.